The lowest BCUT2D eigenvalue weighted by Crippen LogP contribution is -2.24. The van der Waals surface area contributed by atoms with Gasteiger partial charge in [-0.1, -0.05) is 15.9 Å². The predicted molar refractivity (Wildman–Crippen MR) is 76.4 cm³/mol. The number of nitrogen functional groups attached to an aromatic ring is 1. The Kier molecular flexibility index (Phi) is 4.23. The summed E-state index contributed by atoms with van der Waals surface area (Å²) in [6.07, 6.45) is 0. The van der Waals surface area contributed by atoms with Crippen LogP contribution in [0.1, 0.15) is 31.1 Å². The topological polar surface area (TPSA) is 52.3 Å². The van der Waals surface area contributed by atoms with Crippen molar-refractivity contribution in [1.82, 2.24) is 0 Å². The molecule has 0 saturated heterocycles. The molecule has 0 aliphatic rings. The van der Waals surface area contributed by atoms with Crippen LogP contribution >= 0.6 is 38.5 Å². The average molecular weight is 398 g/mol. The molecule has 5 heteroatoms. The van der Waals surface area contributed by atoms with Crippen molar-refractivity contribution in [3.8, 4) is 0 Å². The molecular formula is C11H13BrINO2. The Morgan fingerprint density at radius 3 is 2.50 bits per heavy atom. The van der Waals surface area contributed by atoms with Gasteiger partial charge in [-0.3, -0.25) is 0 Å². The van der Waals surface area contributed by atoms with Gasteiger partial charge >= 0.3 is 5.97 Å². The van der Waals surface area contributed by atoms with E-state index in [0.717, 1.165) is 8.04 Å². The van der Waals surface area contributed by atoms with Crippen molar-refractivity contribution in [3.63, 3.8) is 0 Å². The van der Waals surface area contributed by atoms with E-state index in [-0.39, 0.29) is 0 Å². The maximum atomic E-state index is 11.9. The third-order valence-corrected chi connectivity index (χ3v) is 3.06. The molecule has 0 aromatic heterocycles. The fourth-order valence-electron chi connectivity index (χ4n) is 1.09. The predicted octanol–water partition coefficient (Wildman–Crippen LogP) is 3.59. The van der Waals surface area contributed by atoms with Gasteiger partial charge in [0, 0.05) is 8.04 Å². The number of carbonyl (C=O) groups excluding carboxylic acids is 1. The van der Waals surface area contributed by atoms with Crippen molar-refractivity contribution in [1.29, 1.82) is 0 Å². The van der Waals surface area contributed by atoms with E-state index >= 15 is 0 Å². The smallest absolute Gasteiger partial charge is 0.340 e. The first-order valence-corrected chi connectivity index (χ1v) is 6.56. The van der Waals surface area contributed by atoms with E-state index in [4.69, 9.17) is 10.5 Å². The molecule has 1 aromatic rings. The monoisotopic (exact) mass is 397 g/mol. The van der Waals surface area contributed by atoms with Gasteiger partial charge in [-0.05, 0) is 55.5 Å². The van der Waals surface area contributed by atoms with Gasteiger partial charge in [0.15, 0.2) is 0 Å². The van der Waals surface area contributed by atoms with Crippen LogP contribution in [0.4, 0.5) is 5.69 Å². The zero-order valence-electron chi connectivity index (χ0n) is 9.30. The number of carbonyl (C=O) groups is 1. The molecule has 0 unspecified atom stereocenters. The molecule has 0 bridgehead atoms. The summed E-state index contributed by atoms with van der Waals surface area (Å²) in [5, 5.41) is 0. The highest BCUT2D eigenvalue weighted by Gasteiger charge is 2.21. The van der Waals surface area contributed by atoms with Crippen LogP contribution in [0.25, 0.3) is 0 Å². The molecule has 0 radical (unpaired) electrons. The molecule has 3 nitrogen and oxygen atoms in total. The van der Waals surface area contributed by atoms with Crippen LogP contribution in [0.3, 0.4) is 0 Å². The second-order valence-electron chi connectivity index (χ2n) is 4.35. The third kappa shape index (κ3) is 3.62. The molecule has 0 spiro atoms. The van der Waals surface area contributed by atoms with Gasteiger partial charge in [0.25, 0.3) is 0 Å². The fraction of sp³-hybridized carbons (Fsp3) is 0.364. The van der Waals surface area contributed by atoms with E-state index in [1.165, 1.54) is 0 Å². The van der Waals surface area contributed by atoms with Crippen LogP contribution < -0.4 is 5.73 Å². The first-order valence-electron chi connectivity index (χ1n) is 4.68. The zero-order chi connectivity index (χ0) is 12.5. The molecule has 16 heavy (non-hydrogen) atoms. The lowest BCUT2D eigenvalue weighted by atomic mass is 10.1. The van der Waals surface area contributed by atoms with E-state index < -0.39 is 11.6 Å². The number of ether oxygens (including phenoxy) is 1. The molecule has 0 atom stereocenters. The molecule has 0 saturated carbocycles. The molecule has 1 aromatic carbocycles. The van der Waals surface area contributed by atoms with Crippen molar-refractivity contribution >= 4 is 50.2 Å². The van der Waals surface area contributed by atoms with Crippen molar-refractivity contribution in [3.05, 3.63) is 25.7 Å². The minimum absolute atomic E-state index is 0.397. The third-order valence-electron chi connectivity index (χ3n) is 1.71. The quantitative estimate of drug-likeness (QED) is 0.447. The van der Waals surface area contributed by atoms with Gasteiger partial charge in [-0.2, -0.15) is 0 Å². The van der Waals surface area contributed by atoms with Crippen LogP contribution in [0.15, 0.2) is 16.6 Å². The number of hydrogen-bond donors (Lipinski definition) is 1. The summed E-state index contributed by atoms with van der Waals surface area (Å²) in [6.45, 7) is 5.47. The summed E-state index contributed by atoms with van der Waals surface area (Å²) in [6, 6.07) is 3.52. The van der Waals surface area contributed by atoms with E-state index in [2.05, 4.69) is 38.5 Å². The van der Waals surface area contributed by atoms with Crippen LogP contribution in [0.5, 0.6) is 0 Å². The number of hydrogen-bond acceptors (Lipinski definition) is 3. The van der Waals surface area contributed by atoms with Gasteiger partial charge in [-0.15, -0.1) is 0 Å². The molecule has 88 valence electrons. The average Bonchev–Trinajstić information content (AvgIpc) is 2.08. The summed E-state index contributed by atoms with van der Waals surface area (Å²) in [5.41, 5.74) is 6.18. The Hall–Kier alpha value is -0.300. The Morgan fingerprint density at radius 2 is 2.00 bits per heavy atom. The Balaban J connectivity index is 3.09. The van der Waals surface area contributed by atoms with Crippen LogP contribution in [-0.2, 0) is 4.74 Å². The SMILES string of the molecule is CC(C)(C)OC(=O)c1cc(Br)cc(I)c1N. The molecule has 2 N–H and O–H groups in total. The highest BCUT2D eigenvalue weighted by molar-refractivity contribution is 14.1. The Morgan fingerprint density at radius 1 is 1.44 bits per heavy atom. The number of rotatable bonds is 1. The van der Waals surface area contributed by atoms with Gasteiger partial charge in [0.1, 0.15) is 5.60 Å². The van der Waals surface area contributed by atoms with Gasteiger partial charge in [0.2, 0.25) is 0 Å². The molecule has 0 aliphatic heterocycles. The number of benzene rings is 1. The number of nitrogens with two attached hydrogens (primary N) is 1. The van der Waals surface area contributed by atoms with Crippen molar-refractivity contribution in [2.24, 2.45) is 0 Å². The molecule has 1 rings (SSSR count). The minimum Gasteiger partial charge on any atom is -0.456 e. The summed E-state index contributed by atoms with van der Waals surface area (Å²) in [4.78, 5) is 11.9. The van der Waals surface area contributed by atoms with Crippen molar-refractivity contribution < 1.29 is 9.53 Å². The number of esters is 1. The van der Waals surface area contributed by atoms with Gasteiger partial charge < -0.3 is 10.5 Å². The zero-order valence-corrected chi connectivity index (χ0v) is 13.0. The second kappa shape index (κ2) is 4.91. The number of halogens is 2. The van der Waals surface area contributed by atoms with E-state index in [1.807, 2.05) is 26.8 Å². The summed E-state index contributed by atoms with van der Waals surface area (Å²) in [7, 11) is 0. The summed E-state index contributed by atoms with van der Waals surface area (Å²) in [5.74, 6) is -0.399. The minimum atomic E-state index is -0.517. The maximum Gasteiger partial charge on any atom is 0.340 e. The Labute approximate surface area is 117 Å². The Bertz CT molecular complexity index is 427. The molecule has 0 fully saturated rings. The van der Waals surface area contributed by atoms with Crippen molar-refractivity contribution in [2.75, 3.05) is 5.73 Å². The molecule has 0 amide bonds. The summed E-state index contributed by atoms with van der Waals surface area (Å²) >= 11 is 5.41. The molecule has 0 aliphatic carbocycles. The van der Waals surface area contributed by atoms with Crippen LogP contribution in [0.2, 0.25) is 0 Å². The molecule has 0 heterocycles. The molecular weight excluding hydrogens is 385 g/mol. The second-order valence-corrected chi connectivity index (χ2v) is 6.43. The van der Waals surface area contributed by atoms with Crippen molar-refractivity contribution in [2.45, 2.75) is 26.4 Å². The highest BCUT2D eigenvalue weighted by atomic mass is 127. The van der Waals surface area contributed by atoms with E-state index in [0.29, 0.717) is 11.3 Å². The standard InChI is InChI=1S/C11H13BrINO2/c1-11(2,3)16-10(15)7-4-6(12)5-8(13)9(7)14/h4-5H,14H2,1-3H3. The van der Waals surface area contributed by atoms with Crippen LogP contribution in [0, 0.1) is 3.57 Å². The largest absolute Gasteiger partial charge is 0.456 e. The maximum absolute atomic E-state index is 11.9. The lowest BCUT2D eigenvalue weighted by Gasteiger charge is -2.20. The number of anilines is 1. The normalized spacial score (nSPS) is 11.3. The fourth-order valence-corrected chi connectivity index (χ4v) is 2.60. The van der Waals surface area contributed by atoms with Gasteiger partial charge in [0.05, 0.1) is 11.3 Å². The summed E-state index contributed by atoms with van der Waals surface area (Å²) < 4.78 is 6.91. The first-order chi connectivity index (χ1) is 7.20. The van der Waals surface area contributed by atoms with Crippen LogP contribution in [-0.4, -0.2) is 11.6 Å². The van der Waals surface area contributed by atoms with E-state index in [9.17, 15) is 4.79 Å². The van der Waals surface area contributed by atoms with E-state index in [1.54, 1.807) is 6.07 Å². The highest BCUT2D eigenvalue weighted by Crippen LogP contribution is 2.26. The first kappa shape index (κ1) is 13.8. The lowest BCUT2D eigenvalue weighted by molar-refractivity contribution is 0.00707. The van der Waals surface area contributed by atoms with Gasteiger partial charge in [-0.25, -0.2) is 4.79 Å².